The van der Waals surface area contributed by atoms with Crippen molar-refractivity contribution in [1.82, 2.24) is 30.4 Å². The largest absolute Gasteiger partial charge is 0.318 e. The average Bonchev–Trinajstić information content (AvgIpc) is 3.17. The number of rotatable bonds is 2. The number of halogens is 1. The van der Waals surface area contributed by atoms with Gasteiger partial charge in [0.05, 0.1) is 5.69 Å². The second-order valence-electron chi connectivity index (χ2n) is 6.08. The number of H-pyrrole nitrogens is 1. The maximum atomic E-state index is 12.5. The van der Waals surface area contributed by atoms with E-state index in [1.54, 1.807) is 4.68 Å². The highest BCUT2D eigenvalue weighted by Crippen LogP contribution is 2.40. The highest BCUT2D eigenvalue weighted by Gasteiger charge is 2.34. The van der Waals surface area contributed by atoms with Gasteiger partial charge in [-0.2, -0.15) is 9.78 Å². The van der Waals surface area contributed by atoms with Gasteiger partial charge in [-0.15, -0.1) is 0 Å². The SMILES string of the molecule is O=c1[nH]nc(-c2ccc(Br)cc2)c2c1Nc1nnnn1[C@H]2c1ccccc1. The molecule has 2 N–H and O–H groups in total. The van der Waals surface area contributed by atoms with Gasteiger partial charge in [-0.3, -0.25) is 4.79 Å². The molecule has 0 bridgehead atoms. The van der Waals surface area contributed by atoms with Gasteiger partial charge in [0.2, 0.25) is 5.95 Å². The van der Waals surface area contributed by atoms with E-state index >= 15 is 0 Å². The molecule has 5 rings (SSSR count). The summed E-state index contributed by atoms with van der Waals surface area (Å²) < 4.78 is 2.63. The minimum Gasteiger partial charge on any atom is -0.318 e. The first-order valence-corrected chi connectivity index (χ1v) is 9.00. The summed E-state index contributed by atoms with van der Waals surface area (Å²) in [6.45, 7) is 0. The van der Waals surface area contributed by atoms with E-state index in [9.17, 15) is 4.79 Å². The molecule has 0 aliphatic carbocycles. The van der Waals surface area contributed by atoms with Crippen molar-refractivity contribution in [2.45, 2.75) is 6.04 Å². The third-order valence-corrected chi connectivity index (χ3v) is 5.03. The van der Waals surface area contributed by atoms with Crippen LogP contribution in [0.4, 0.5) is 11.6 Å². The summed E-state index contributed by atoms with van der Waals surface area (Å²) in [6.07, 6.45) is 0. The average molecular weight is 422 g/mol. The molecule has 1 atom stereocenters. The molecule has 0 fully saturated rings. The van der Waals surface area contributed by atoms with Crippen LogP contribution in [-0.4, -0.2) is 30.4 Å². The molecule has 0 amide bonds. The number of aromatic amines is 1. The topological polar surface area (TPSA) is 101 Å². The fourth-order valence-corrected chi connectivity index (χ4v) is 3.57. The van der Waals surface area contributed by atoms with Crippen molar-refractivity contribution in [1.29, 1.82) is 0 Å². The quantitative estimate of drug-likeness (QED) is 0.454. The van der Waals surface area contributed by atoms with E-state index in [0.717, 1.165) is 21.2 Å². The molecule has 9 heteroatoms. The Balaban J connectivity index is 1.82. The normalized spacial score (nSPS) is 14.9. The maximum Gasteiger partial charge on any atom is 0.288 e. The summed E-state index contributed by atoms with van der Waals surface area (Å²) in [5.74, 6) is 0.412. The first-order valence-electron chi connectivity index (χ1n) is 8.21. The van der Waals surface area contributed by atoms with Crippen molar-refractivity contribution >= 4 is 27.6 Å². The van der Waals surface area contributed by atoms with Gasteiger partial charge in [-0.05, 0) is 28.1 Å². The van der Waals surface area contributed by atoms with E-state index in [0.29, 0.717) is 17.3 Å². The smallest absolute Gasteiger partial charge is 0.288 e. The molecule has 0 spiro atoms. The highest BCUT2D eigenvalue weighted by atomic mass is 79.9. The first kappa shape index (κ1) is 15.9. The lowest BCUT2D eigenvalue weighted by Gasteiger charge is -2.27. The number of tetrazole rings is 1. The fraction of sp³-hybridized carbons (Fsp3) is 0.0556. The van der Waals surface area contributed by atoms with E-state index in [1.807, 2.05) is 54.6 Å². The lowest BCUT2D eigenvalue weighted by Crippen LogP contribution is -2.29. The van der Waals surface area contributed by atoms with Crippen LogP contribution in [0.25, 0.3) is 11.3 Å². The molecule has 0 saturated heterocycles. The third kappa shape index (κ3) is 2.55. The Morgan fingerprint density at radius 2 is 1.81 bits per heavy atom. The van der Waals surface area contributed by atoms with Crippen molar-refractivity contribution in [3.05, 3.63) is 80.6 Å². The molecular weight excluding hydrogens is 410 g/mol. The number of fused-ring (bicyclic) bond motifs is 2. The van der Waals surface area contributed by atoms with Crippen LogP contribution in [0.3, 0.4) is 0 Å². The molecule has 4 aromatic rings. The number of aromatic nitrogens is 6. The lowest BCUT2D eigenvalue weighted by molar-refractivity contribution is 0.567. The van der Waals surface area contributed by atoms with Crippen LogP contribution in [0.5, 0.6) is 0 Å². The second kappa shape index (κ2) is 6.13. The van der Waals surface area contributed by atoms with Crippen molar-refractivity contribution in [2.24, 2.45) is 0 Å². The summed E-state index contributed by atoms with van der Waals surface area (Å²) in [5, 5.41) is 21.9. The zero-order valence-corrected chi connectivity index (χ0v) is 15.4. The van der Waals surface area contributed by atoms with Crippen LogP contribution in [-0.2, 0) is 0 Å². The second-order valence-corrected chi connectivity index (χ2v) is 7.00. The van der Waals surface area contributed by atoms with Crippen LogP contribution in [0.2, 0.25) is 0 Å². The Labute approximate surface area is 161 Å². The number of anilines is 2. The Hall–Kier alpha value is -3.33. The van der Waals surface area contributed by atoms with Crippen LogP contribution in [0, 0.1) is 0 Å². The highest BCUT2D eigenvalue weighted by molar-refractivity contribution is 9.10. The number of nitrogens with zero attached hydrogens (tertiary/aromatic N) is 5. The summed E-state index contributed by atoms with van der Waals surface area (Å²) in [7, 11) is 0. The van der Waals surface area contributed by atoms with Crippen LogP contribution in [0.15, 0.2) is 63.9 Å². The van der Waals surface area contributed by atoms with Gasteiger partial charge in [0.25, 0.3) is 5.56 Å². The molecule has 1 aliphatic heterocycles. The number of nitrogens with one attached hydrogen (secondary N) is 2. The Morgan fingerprint density at radius 3 is 2.59 bits per heavy atom. The zero-order valence-electron chi connectivity index (χ0n) is 13.8. The number of hydrogen-bond acceptors (Lipinski definition) is 6. The maximum absolute atomic E-state index is 12.5. The minimum absolute atomic E-state index is 0.318. The van der Waals surface area contributed by atoms with Crippen molar-refractivity contribution in [3.63, 3.8) is 0 Å². The molecule has 0 radical (unpaired) electrons. The van der Waals surface area contributed by atoms with Gasteiger partial charge in [0.15, 0.2) is 0 Å². The monoisotopic (exact) mass is 421 g/mol. The molecule has 0 unspecified atom stereocenters. The lowest BCUT2D eigenvalue weighted by atomic mass is 9.92. The molecule has 3 heterocycles. The van der Waals surface area contributed by atoms with Crippen LogP contribution < -0.4 is 10.9 Å². The molecule has 2 aromatic carbocycles. The summed E-state index contributed by atoms with van der Waals surface area (Å²) in [4.78, 5) is 12.5. The van der Waals surface area contributed by atoms with E-state index in [1.165, 1.54) is 0 Å². The van der Waals surface area contributed by atoms with Gasteiger partial charge in [-0.1, -0.05) is 63.5 Å². The predicted octanol–water partition coefficient (Wildman–Crippen LogP) is 2.88. The summed E-state index contributed by atoms with van der Waals surface area (Å²) >= 11 is 3.45. The van der Waals surface area contributed by atoms with Crippen molar-refractivity contribution in [2.75, 3.05) is 5.32 Å². The van der Waals surface area contributed by atoms with E-state index in [4.69, 9.17) is 0 Å². The predicted molar refractivity (Wildman–Crippen MR) is 103 cm³/mol. The van der Waals surface area contributed by atoms with Gasteiger partial charge in [0, 0.05) is 15.6 Å². The van der Waals surface area contributed by atoms with Gasteiger partial charge in [-0.25, -0.2) is 5.10 Å². The number of benzene rings is 2. The first-order chi connectivity index (χ1) is 13.2. The molecule has 8 nitrogen and oxygen atoms in total. The minimum atomic E-state index is -0.374. The molecule has 132 valence electrons. The van der Waals surface area contributed by atoms with Gasteiger partial charge >= 0.3 is 0 Å². The van der Waals surface area contributed by atoms with Crippen LogP contribution in [0.1, 0.15) is 17.2 Å². The Morgan fingerprint density at radius 1 is 1.04 bits per heavy atom. The van der Waals surface area contributed by atoms with E-state index in [2.05, 4.69) is 47.0 Å². The van der Waals surface area contributed by atoms with Gasteiger partial charge in [0.1, 0.15) is 11.7 Å². The summed E-state index contributed by atoms with van der Waals surface area (Å²) in [5.41, 5.74) is 3.32. The van der Waals surface area contributed by atoms with E-state index < -0.39 is 0 Å². The molecular formula is C18H12BrN7O. The molecule has 27 heavy (non-hydrogen) atoms. The van der Waals surface area contributed by atoms with Crippen LogP contribution >= 0.6 is 15.9 Å². The molecule has 0 saturated carbocycles. The number of hydrogen-bond donors (Lipinski definition) is 2. The fourth-order valence-electron chi connectivity index (χ4n) is 3.31. The molecule has 1 aliphatic rings. The Kier molecular flexibility index (Phi) is 3.61. The standard InChI is InChI=1S/C18H12BrN7O/c19-12-8-6-10(7-9-12)14-13-15(17(27)22-21-14)20-18-23-24-25-26(18)16(13)11-4-2-1-3-5-11/h1-9,16H,(H,22,27)(H,20,23,25)/t16-/m0/s1. The molecule has 2 aromatic heterocycles. The van der Waals surface area contributed by atoms with E-state index in [-0.39, 0.29) is 11.6 Å². The van der Waals surface area contributed by atoms with Gasteiger partial charge < -0.3 is 5.32 Å². The Bertz CT molecular complexity index is 1180. The third-order valence-electron chi connectivity index (χ3n) is 4.50. The van der Waals surface area contributed by atoms with Crippen molar-refractivity contribution in [3.8, 4) is 11.3 Å². The zero-order chi connectivity index (χ0) is 18.4. The van der Waals surface area contributed by atoms with Crippen molar-refractivity contribution < 1.29 is 0 Å². The summed E-state index contributed by atoms with van der Waals surface area (Å²) in [6, 6.07) is 17.2.